The van der Waals surface area contributed by atoms with E-state index in [1.165, 1.54) is 18.5 Å². The molecule has 18 heavy (non-hydrogen) atoms. The van der Waals surface area contributed by atoms with E-state index in [0.717, 1.165) is 0 Å². The molecule has 2 aromatic heterocycles. The molecule has 0 saturated carbocycles. The summed E-state index contributed by atoms with van der Waals surface area (Å²) in [4.78, 5) is 12.0. The van der Waals surface area contributed by atoms with E-state index in [0.29, 0.717) is 22.5 Å². The van der Waals surface area contributed by atoms with E-state index in [9.17, 15) is 4.39 Å². The van der Waals surface area contributed by atoms with Gasteiger partial charge in [-0.1, -0.05) is 0 Å². The molecule has 0 radical (unpaired) electrons. The highest BCUT2D eigenvalue weighted by molar-refractivity contribution is 5.83. The van der Waals surface area contributed by atoms with E-state index in [1.54, 1.807) is 30.6 Å². The third-order valence-electron chi connectivity index (χ3n) is 2.41. The summed E-state index contributed by atoms with van der Waals surface area (Å²) in [7, 11) is 0. The molecule has 0 aliphatic heterocycles. The molecule has 0 aliphatic carbocycles. The van der Waals surface area contributed by atoms with Crippen LogP contribution in [0.3, 0.4) is 0 Å². The number of nitrogens with zero attached hydrogens (tertiary/aromatic N) is 3. The first-order chi connectivity index (χ1) is 8.83. The quantitative estimate of drug-likeness (QED) is 0.692. The summed E-state index contributed by atoms with van der Waals surface area (Å²) >= 11 is 0. The van der Waals surface area contributed by atoms with Gasteiger partial charge in [-0.2, -0.15) is 0 Å². The molecule has 0 unspecified atom stereocenters. The molecule has 0 spiro atoms. The minimum atomic E-state index is -0.353. The Bertz CT molecular complexity index is 688. The summed E-state index contributed by atoms with van der Waals surface area (Å²) in [6.45, 7) is 0. The van der Waals surface area contributed by atoms with Crippen molar-refractivity contribution in [3.05, 3.63) is 54.9 Å². The average molecular weight is 241 g/mol. The van der Waals surface area contributed by atoms with E-state index in [4.69, 9.17) is 4.74 Å². The van der Waals surface area contributed by atoms with Gasteiger partial charge in [-0.3, -0.25) is 4.98 Å². The number of ether oxygens (including phenoxy) is 1. The van der Waals surface area contributed by atoms with Crippen LogP contribution < -0.4 is 4.74 Å². The van der Waals surface area contributed by atoms with E-state index < -0.39 is 0 Å². The zero-order chi connectivity index (χ0) is 12.4. The van der Waals surface area contributed by atoms with Crippen molar-refractivity contribution >= 4 is 10.9 Å². The van der Waals surface area contributed by atoms with Crippen molar-refractivity contribution in [3.63, 3.8) is 0 Å². The summed E-state index contributed by atoms with van der Waals surface area (Å²) in [5.74, 6) is 0.502. The minimum Gasteiger partial charge on any atom is -0.437 e. The van der Waals surface area contributed by atoms with Crippen molar-refractivity contribution in [1.82, 2.24) is 15.0 Å². The van der Waals surface area contributed by atoms with Crippen LogP contribution in [0.5, 0.6) is 11.6 Å². The van der Waals surface area contributed by atoms with Crippen LogP contribution in [-0.2, 0) is 0 Å². The Kier molecular flexibility index (Phi) is 2.57. The second-order valence-corrected chi connectivity index (χ2v) is 3.63. The first-order valence-corrected chi connectivity index (χ1v) is 5.31. The van der Waals surface area contributed by atoms with Crippen LogP contribution in [-0.4, -0.2) is 15.0 Å². The van der Waals surface area contributed by atoms with Gasteiger partial charge in [-0.25, -0.2) is 14.4 Å². The Morgan fingerprint density at radius 3 is 2.89 bits per heavy atom. The van der Waals surface area contributed by atoms with Crippen molar-refractivity contribution < 1.29 is 9.13 Å². The molecule has 1 aromatic carbocycles. The van der Waals surface area contributed by atoms with Crippen LogP contribution in [0.1, 0.15) is 0 Å². The molecule has 0 aliphatic rings. The molecule has 0 amide bonds. The molecule has 0 N–H and O–H groups in total. The van der Waals surface area contributed by atoms with E-state index in [1.807, 2.05) is 0 Å². The highest BCUT2D eigenvalue weighted by Crippen LogP contribution is 2.26. The smallest absolute Gasteiger partial charge is 0.230 e. The van der Waals surface area contributed by atoms with E-state index in [2.05, 4.69) is 15.0 Å². The molecule has 4 nitrogen and oxygen atoms in total. The molecule has 2 heterocycles. The number of fused-ring (bicyclic) bond motifs is 1. The fourth-order valence-electron chi connectivity index (χ4n) is 1.61. The van der Waals surface area contributed by atoms with Gasteiger partial charge in [-0.05, 0) is 30.3 Å². The molecule has 3 rings (SSSR count). The normalized spacial score (nSPS) is 10.5. The van der Waals surface area contributed by atoms with Gasteiger partial charge < -0.3 is 4.74 Å². The lowest BCUT2D eigenvalue weighted by Crippen LogP contribution is -1.92. The summed E-state index contributed by atoms with van der Waals surface area (Å²) in [6, 6.07) is 7.78. The van der Waals surface area contributed by atoms with Crippen molar-refractivity contribution in [2.45, 2.75) is 0 Å². The largest absolute Gasteiger partial charge is 0.437 e. The molecule has 0 atom stereocenters. The number of hydrogen-bond acceptors (Lipinski definition) is 4. The molecule has 88 valence electrons. The van der Waals surface area contributed by atoms with Crippen LogP contribution in [0.25, 0.3) is 10.9 Å². The van der Waals surface area contributed by atoms with Crippen molar-refractivity contribution in [3.8, 4) is 11.6 Å². The third kappa shape index (κ3) is 1.98. The zero-order valence-corrected chi connectivity index (χ0v) is 9.25. The molecule has 3 aromatic rings. The molecule has 0 saturated heterocycles. The number of halogens is 1. The topological polar surface area (TPSA) is 47.9 Å². The number of aromatic nitrogens is 3. The first kappa shape index (κ1) is 10.6. The predicted molar refractivity (Wildman–Crippen MR) is 63.8 cm³/mol. The van der Waals surface area contributed by atoms with E-state index in [-0.39, 0.29) is 5.82 Å². The molecular weight excluding hydrogens is 233 g/mol. The van der Waals surface area contributed by atoms with Gasteiger partial charge in [0.1, 0.15) is 17.9 Å². The Morgan fingerprint density at radius 2 is 2.06 bits per heavy atom. The lowest BCUT2D eigenvalue weighted by atomic mass is 10.2. The average Bonchev–Trinajstić information content (AvgIpc) is 2.41. The standard InChI is InChI=1S/C13H8FN3O/c14-9-3-4-12-11(6-9)13(17-8-16-12)18-10-2-1-5-15-7-10/h1-8H. The SMILES string of the molecule is Fc1ccc2ncnc(Oc3cccnc3)c2c1. The zero-order valence-electron chi connectivity index (χ0n) is 9.25. The van der Waals surface area contributed by atoms with Crippen LogP contribution in [0.4, 0.5) is 4.39 Å². The maximum Gasteiger partial charge on any atom is 0.230 e. The Labute approximate surface area is 102 Å². The van der Waals surface area contributed by atoms with E-state index >= 15 is 0 Å². The third-order valence-corrected chi connectivity index (χ3v) is 2.41. The van der Waals surface area contributed by atoms with Gasteiger partial charge in [0, 0.05) is 6.20 Å². The summed E-state index contributed by atoms with van der Waals surface area (Å²) < 4.78 is 18.8. The lowest BCUT2D eigenvalue weighted by Gasteiger charge is -2.06. The van der Waals surface area contributed by atoms with Crippen molar-refractivity contribution in [2.75, 3.05) is 0 Å². The van der Waals surface area contributed by atoms with Gasteiger partial charge in [-0.15, -0.1) is 0 Å². The van der Waals surface area contributed by atoms with Crippen molar-refractivity contribution in [2.24, 2.45) is 0 Å². The van der Waals surface area contributed by atoms with Gasteiger partial charge in [0.15, 0.2) is 0 Å². The molecule has 5 heteroatoms. The number of hydrogen-bond donors (Lipinski definition) is 0. The first-order valence-electron chi connectivity index (χ1n) is 5.31. The lowest BCUT2D eigenvalue weighted by molar-refractivity contribution is 0.465. The molecule has 0 bridgehead atoms. The fourth-order valence-corrected chi connectivity index (χ4v) is 1.61. The summed E-state index contributed by atoms with van der Waals surface area (Å²) in [6.07, 6.45) is 4.59. The Hall–Kier alpha value is -2.56. The van der Waals surface area contributed by atoms with Gasteiger partial charge in [0.2, 0.25) is 5.88 Å². The molecule has 0 fully saturated rings. The van der Waals surface area contributed by atoms with Crippen LogP contribution in [0.15, 0.2) is 49.1 Å². The Balaban J connectivity index is 2.09. The van der Waals surface area contributed by atoms with Gasteiger partial charge in [0.25, 0.3) is 0 Å². The Morgan fingerprint density at radius 1 is 1.11 bits per heavy atom. The predicted octanol–water partition coefficient (Wildman–Crippen LogP) is 2.96. The van der Waals surface area contributed by atoms with Crippen molar-refractivity contribution in [1.29, 1.82) is 0 Å². The van der Waals surface area contributed by atoms with Crippen LogP contribution in [0.2, 0.25) is 0 Å². The van der Waals surface area contributed by atoms with Gasteiger partial charge >= 0.3 is 0 Å². The second kappa shape index (κ2) is 4.37. The highest BCUT2D eigenvalue weighted by atomic mass is 19.1. The summed E-state index contributed by atoms with van der Waals surface area (Å²) in [5, 5.41) is 0.529. The monoisotopic (exact) mass is 241 g/mol. The van der Waals surface area contributed by atoms with Crippen LogP contribution >= 0.6 is 0 Å². The highest BCUT2D eigenvalue weighted by Gasteiger charge is 2.07. The molecular formula is C13H8FN3O. The van der Waals surface area contributed by atoms with Crippen LogP contribution in [0, 0.1) is 5.82 Å². The maximum absolute atomic E-state index is 13.2. The maximum atomic E-state index is 13.2. The number of rotatable bonds is 2. The number of pyridine rings is 1. The summed E-state index contributed by atoms with van der Waals surface area (Å²) in [5.41, 5.74) is 0.630. The van der Waals surface area contributed by atoms with Gasteiger partial charge in [0.05, 0.1) is 17.1 Å². The number of benzene rings is 1. The fraction of sp³-hybridized carbons (Fsp3) is 0. The second-order valence-electron chi connectivity index (χ2n) is 3.63. The minimum absolute atomic E-state index is 0.313.